The summed E-state index contributed by atoms with van der Waals surface area (Å²) in [5.41, 5.74) is 1.10. The lowest BCUT2D eigenvalue weighted by molar-refractivity contribution is 0.326. The van der Waals surface area contributed by atoms with Gasteiger partial charge in [-0.05, 0) is 18.9 Å². The van der Waals surface area contributed by atoms with Crippen LogP contribution in [0.25, 0.3) is 0 Å². The van der Waals surface area contributed by atoms with Gasteiger partial charge < -0.3 is 14.8 Å². The van der Waals surface area contributed by atoms with E-state index in [1.165, 1.54) is 25.7 Å². The molecule has 0 amide bonds. The SMILES string of the molecule is C#CCOc1c(CNC2CCCC2)cccc1OC. The molecule has 0 aromatic heterocycles. The van der Waals surface area contributed by atoms with Crippen molar-refractivity contribution in [1.29, 1.82) is 0 Å². The highest BCUT2D eigenvalue weighted by Crippen LogP contribution is 2.31. The van der Waals surface area contributed by atoms with Crippen molar-refractivity contribution < 1.29 is 9.47 Å². The van der Waals surface area contributed by atoms with Gasteiger partial charge in [-0.3, -0.25) is 0 Å². The minimum Gasteiger partial charge on any atom is -0.493 e. The normalized spacial score (nSPS) is 15.2. The van der Waals surface area contributed by atoms with Crippen LogP contribution in [0.3, 0.4) is 0 Å². The molecule has 102 valence electrons. The van der Waals surface area contributed by atoms with Gasteiger partial charge in [0.2, 0.25) is 0 Å². The Bertz CT molecular complexity index is 445. The maximum absolute atomic E-state index is 5.62. The van der Waals surface area contributed by atoms with Gasteiger partial charge in [0.15, 0.2) is 11.5 Å². The Morgan fingerprint density at radius 1 is 1.37 bits per heavy atom. The zero-order valence-corrected chi connectivity index (χ0v) is 11.4. The first-order valence-electron chi connectivity index (χ1n) is 6.80. The molecule has 1 aliphatic rings. The van der Waals surface area contributed by atoms with Crippen molar-refractivity contribution >= 4 is 0 Å². The molecule has 0 spiro atoms. The smallest absolute Gasteiger partial charge is 0.167 e. The third-order valence-electron chi connectivity index (χ3n) is 3.52. The fourth-order valence-electron chi connectivity index (χ4n) is 2.52. The van der Waals surface area contributed by atoms with Gasteiger partial charge in [0.1, 0.15) is 6.61 Å². The number of terminal acetylenes is 1. The third-order valence-corrected chi connectivity index (χ3v) is 3.52. The summed E-state index contributed by atoms with van der Waals surface area (Å²) in [4.78, 5) is 0. The number of hydrogen-bond donors (Lipinski definition) is 1. The van der Waals surface area contributed by atoms with E-state index in [1.54, 1.807) is 7.11 Å². The Morgan fingerprint density at radius 2 is 2.16 bits per heavy atom. The summed E-state index contributed by atoms with van der Waals surface area (Å²) in [6, 6.07) is 6.56. The van der Waals surface area contributed by atoms with Crippen LogP contribution < -0.4 is 14.8 Å². The van der Waals surface area contributed by atoms with Gasteiger partial charge in [0.25, 0.3) is 0 Å². The molecule has 2 rings (SSSR count). The number of hydrogen-bond acceptors (Lipinski definition) is 3. The van der Waals surface area contributed by atoms with Crippen LogP contribution in [0.4, 0.5) is 0 Å². The number of nitrogens with one attached hydrogen (secondary N) is 1. The Morgan fingerprint density at radius 3 is 2.84 bits per heavy atom. The zero-order chi connectivity index (χ0) is 13.5. The fourth-order valence-corrected chi connectivity index (χ4v) is 2.52. The van der Waals surface area contributed by atoms with Crippen LogP contribution in [0.2, 0.25) is 0 Å². The van der Waals surface area contributed by atoms with Crippen molar-refractivity contribution in [3.05, 3.63) is 23.8 Å². The summed E-state index contributed by atoms with van der Waals surface area (Å²) in [5.74, 6) is 3.99. The van der Waals surface area contributed by atoms with Crippen LogP contribution in [0, 0.1) is 12.3 Å². The van der Waals surface area contributed by atoms with E-state index in [4.69, 9.17) is 15.9 Å². The van der Waals surface area contributed by atoms with Crippen molar-refractivity contribution in [2.75, 3.05) is 13.7 Å². The number of ether oxygens (including phenoxy) is 2. The topological polar surface area (TPSA) is 30.5 Å². The lowest BCUT2D eigenvalue weighted by Crippen LogP contribution is -2.25. The minimum absolute atomic E-state index is 0.261. The Balaban J connectivity index is 2.06. The molecule has 3 nitrogen and oxygen atoms in total. The summed E-state index contributed by atoms with van der Waals surface area (Å²) >= 11 is 0. The van der Waals surface area contributed by atoms with Gasteiger partial charge in [-0.1, -0.05) is 30.9 Å². The summed E-state index contributed by atoms with van der Waals surface area (Å²) in [5, 5.41) is 3.58. The van der Waals surface area contributed by atoms with Crippen LogP contribution in [0.5, 0.6) is 11.5 Å². The molecule has 0 aliphatic heterocycles. The lowest BCUT2D eigenvalue weighted by Gasteiger charge is -2.16. The van der Waals surface area contributed by atoms with Crippen molar-refractivity contribution in [1.82, 2.24) is 5.32 Å². The summed E-state index contributed by atoms with van der Waals surface area (Å²) in [6.45, 7) is 1.05. The van der Waals surface area contributed by atoms with E-state index < -0.39 is 0 Å². The molecule has 0 saturated heterocycles. The number of rotatable bonds is 6. The second-order valence-electron chi connectivity index (χ2n) is 4.80. The quantitative estimate of drug-likeness (QED) is 0.797. The predicted octanol–water partition coefficient (Wildman–Crippen LogP) is 2.74. The van der Waals surface area contributed by atoms with Gasteiger partial charge in [-0.25, -0.2) is 0 Å². The van der Waals surface area contributed by atoms with Crippen molar-refractivity contribution in [3.63, 3.8) is 0 Å². The molecule has 0 bridgehead atoms. The maximum atomic E-state index is 5.62. The molecular formula is C16H21NO2. The highest BCUT2D eigenvalue weighted by atomic mass is 16.5. The molecule has 0 unspecified atom stereocenters. The molecular weight excluding hydrogens is 238 g/mol. The molecule has 1 aliphatic carbocycles. The number of benzene rings is 1. The summed E-state index contributed by atoms with van der Waals surface area (Å²) in [7, 11) is 1.65. The maximum Gasteiger partial charge on any atom is 0.167 e. The second kappa shape index (κ2) is 7.06. The van der Waals surface area contributed by atoms with E-state index in [9.17, 15) is 0 Å². The monoisotopic (exact) mass is 259 g/mol. The molecule has 0 heterocycles. The summed E-state index contributed by atoms with van der Waals surface area (Å²) in [6.07, 6.45) is 10.5. The first-order valence-corrected chi connectivity index (χ1v) is 6.80. The van der Waals surface area contributed by atoms with Gasteiger partial charge in [0.05, 0.1) is 7.11 Å². The lowest BCUT2D eigenvalue weighted by atomic mass is 10.1. The van der Waals surface area contributed by atoms with E-state index in [2.05, 4.69) is 17.3 Å². The third kappa shape index (κ3) is 3.65. The summed E-state index contributed by atoms with van der Waals surface area (Å²) < 4.78 is 11.0. The molecule has 1 aromatic rings. The molecule has 1 N–H and O–H groups in total. The van der Waals surface area contributed by atoms with Crippen molar-refractivity contribution in [3.8, 4) is 23.8 Å². The Labute approximate surface area is 115 Å². The molecule has 0 atom stereocenters. The van der Waals surface area contributed by atoms with Crippen LogP contribution in [-0.4, -0.2) is 19.8 Å². The molecule has 1 saturated carbocycles. The van der Waals surface area contributed by atoms with Crippen LogP contribution in [0.15, 0.2) is 18.2 Å². The highest BCUT2D eigenvalue weighted by molar-refractivity contribution is 5.46. The van der Waals surface area contributed by atoms with E-state index in [0.717, 1.165) is 23.6 Å². The minimum atomic E-state index is 0.261. The van der Waals surface area contributed by atoms with Gasteiger partial charge >= 0.3 is 0 Å². The standard InChI is InChI=1S/C16H21NO2/c1-3-11-19-16-13(7-6-10-15(16)18-2)12-17-14-8-4-5-9-14/h1,6-7,10,14,17H,4-5,8-9,11-12H2,2H3. The zero-order valence-electron chi connectivity index (χ0n) is 11.4. The first kappa shape index (κ1) is 13.8. The van der Waals surface area contributed by atoms with E-state index in [1.807, 2.05) is 12.1 Å². The van der Waals surface area contributed by atoms with Crippen LogP contribution >= 0.6 is 0 Å². The van der Waals surface area contributed by atoms with Gasteiger partial charge in [-0.15, -0.1) is 6.42 Å². The molecule has 1 fully saturated rings. The Kier molecular flexibility index (Phi) is 5.11. The first-order chi connectivity index (χ1) is 9.35. The second-order valence-corrected chi connectivity index (χ2v) is 4.80. The Hall–Kier alpha value is -1.66. The van der Waals surface area contributed by atoms with E-state index in [0.29, 0.717) is 6.04 Å². The average molecular weight is 259 g/mol. The molecule has 3 heteroatoms. The van der Waals surface area contributed by atoms with E-state index >= 15 is 0 Å². The van der Waals surface area contributed by atoms with Crippen molar-refractivity contribution in [2.24, 2.45) is 0 Å². The number of para-hydroxylation sites is 1. The molecule has 0 radical (unpaired) electrons. The largest absolute Gasteiger partial charge is 0.493 e. The van der Waals surface area contributed by atoms with Crippen LogP contribution in [0.1, 0.15) is 31.2 Å². The van der Waals surface area contributed by atoms with Crippen LogP contribution in [-0.2, 0) is 6.54 Å². The molecule has 1 aromatic carbocycles. The van der Waals surface area contributed by atoms with E-state index in [-0.39, 0.29) is 6.61 Å². The average Bonchev–Trinajstić information content (AvgIpc) is 2.96. The van der Waals surface area contributed by atoms with Crippen molar-refractivity contribution in [2.45, 2.75) is 38.3 Å². The molecule has 19 heavy (non-hydrogen) atoms. The highest BCUT2D eigenvalue weighted by Gasteiger charge is 2.16. The van der Waals surface area contributed by atoms with Gasteiger partial charge in [0, 0.05) is 18.2 Å². The van der Waals surface area contributed by atoms with Gasteiger partial charge in [-0.2, -0.15) is 0 Å². The predicted molar refractivity (Wildman–Crippen MR) is 76.4 cm³/mol. The number of methoxy groups -OCH3 is 1. The fraction of sp³-hybridized carbons (Fsp3) is 0.500.